The number of hydrogen-bond acceptors (Lipinski definition) is 5. The fourth-order valence-electron chi connectivity index (χ4n) is 4.36. The third kappa shape index (κ3) is 4.66. The second-order valence-corrected chi connectivity index (χ2v) is 8.18. The largest absolute Gasteiger partial charge is 0.339 e. The normalized spacial score (nSPS) is 20.4. The number of anilines is 1. The SMILES string of the molecule is Cc1noc(C2CCCN(C(=O)c3cccc(NC(=O)C4CCCCC4)c3)C2)n1. The van der Waals surface area contributed by atoms with Crippen molar-refractivity contribution >= 4 is 17.5 Å². The number of aromatic nitrogens is 2. The zero-order valence-corrected chi connectivity index (χ0v) is 16.9. The summed E-state index contributed by atoms with van der Waals surface area (Å²) < 4.78 is 5.31. The number of likely N-dealkylation sites (tertiary alicyclic amines) is 1. The molecule has 0 spiro atoms. The highest BCUT2D eigenvalue weighted by Gasteiger charge is 2.29. The minimum atomic E-state index is -0.0281. The van der Waals surface area contributed by atoms with Gasteiger partial charge in [-0.15, -0.1) is 0 Å². The molecule has 2 aliphatic rings. The van der Waals surface area contributed by atoms with Crippen LogP contribution in [-0.4, -0.2) is 39.9 Å². The lowest BCUT2D eigenvalue weighted by Crippen LogP contribution is -2.39. The fraction of sp³-hybridized carbons (Fsp3) is 0.545. The predicted octanol–water partition coefficient (Wildman–Crippen LogP) is 3.92. The molecule has 2 amide bonds. The topological polar surface area (TPSA) is 88.3 Å². The summed E-state index contributed by atoms with van der Waals surface area (Å²) in [5, 5.41) is 6.87. The van der Waals surface area contributed by atoms with E-state index in [1.165, 1.54) is 6.42 Å². The standard InChI is InChI=1S/C22H28N4O3/c1-15-23-21(29-25-15)18-10-6-12-26(14-18)22(28)17-9-5-11-19(13-17)24-20(27)16-7-3-2-4-8-16/h5,9,11,13,16,18H,2-4,6-8,10,12,14H2,1H3,(H,24,27). The van der Waals surface area contributed by atoms with Crippen molar-refractivity contribution in [2.45, 2.75) is 57.8 Å². The number of hydrogen-bond donors (Lipinski definition) is 1. The molecule has 7 nitrogen and oxygen atoms in total. The molecule has 1 atom stereocenters. The number of amides is 2. The van der Waals surface area contributed by atoms with E-state index in [0.717, 1.165) is 38.5 Å². The van der Waals surface area contributed by atoms with Gasteiger partial charge in [0, 0.05) is 30.3 Å². The van der Waals surface area contributed by atoms with E-state index in [0.29, 0.717) is 36.1 Å². The van der Waals surface area contributed by atoms with Crippen LogP contribution in [0.15, 0.2) is 28.8 Å². The van der Waals surface area contributed by atoms with Gasteiger partial charge in [0.25, 0.3) is 5.91 Å². The summed E-state index contributed by atoms with van der Waals surface area (Å²) in [6, 6.07) is 7.26. The van der Waals surface area contributed by atoms with E-state index >= 15 is 0 Å². The van der Waals surface area contributed by atoms with Crippen LogP contribution in [0.3, 0.4) is 0 Å². The van der Waals surface area contributed by atoms with E-state index in [-0.39, 0.29) is 23.7 Å². The van der Waals surface area contributed by atoms with Crippen molar-refractivity contribution in [1.29, 1.82) is 0 Å². The molecule has 7 heteroatoms. The van der Waals surface area contributed by atoms with Crippen molar-refractivity contribution in [2.75, 3.05) is 18.4 Å². The van der Waals surface area contributed by atoms with Gasteiger partial charge in [0.2, 0.25) is 11.8 Å². The van der Waals surface area contributed by atoms with Crippen molar-refractivity contribution in [3.63, 3.8) is 0 Å². The second-order valence-electron chi connectivity index (χ2n) is 8.18. The van der Waals surface area contributed by atoms with Crippen molar-refractivity contribution in [1.82, 2.24) is 15.0 Å². The molecule has 0 bridgehead atoms. The Hall–Kier alpha value is -2.70. The van der Waals surface area contributed by atoms with E-state index in [4.69, 9.17) is 4.52 Å². The minimum Gasteiger partial charge on any atom is -0.339 e. The maximum Gasteiger partial charge on any atom is 0.253 e. The Balaban J connectivity index is 1.41. The summed E-state index contributed by atoms with van der Waals surface area (Å²) in [5.74, 6) is 1.42. The molecule has 1 saturated heterocycles. The van der Waals surface area contributed by atoms with Gasteiger partial charge in [0.1, 0.15) is 0 Å². The van der Waals surface area contributed by atoms with E-state index in [1.54, 1.807) is 19.1 Å². The van der Waals surface area contributed by atoms with Gasteiger partial charge >= 0.3 is 0 Å². The van der Waals surface area contributed by atoms with Gasteiger partial charge < -0.3 is 14.7 Å². The molecule has 2 aromatic rings. The number of carbonyl (C=O) groups is 2. The third-order valence-corrected chi connectivity index (χ3v) is 5.95. The Labute approximate surface area is 170 Å². The van der Waals surface area contributed by atoms with Gasteiger partial charge in [-0.2, -0.15) is 4.98 Å². The van der Waals surface area contributed by atoms with Crippen molar-refractivity contribution in [3.05, 3.63) is 41.5 Å². The van der Waals surface area contributed by atoms with E-state index in [2.05, 4.69) is 15.5 Å². The molecule has 29 heavy (non-hydrogen) atoms. The van der Waals surface area contributed by atoms with Gasteiger partial charge in [-0.05, 0) is 50.8 Å². The molecule has 0 radical (unpaired) electrons. The molecule has 1 saturated carbocycles. The lowest BCUT2D eigenvalue weighted by atomic mass is 9.88. The summed E-state index contributed by atoms with van der Waals surface area (Å²) in [6.07, 6.45) is 7.19. The maximum absolute atomic E-state index is 13.1. The monoisotopic (exact) mass is 396 g/mol. The van der Waals surface area contributed by atoms with Crippen LogP contribution < -0.4 is 5.32 Å². The number of nitrogens with one attached hydrogen (secondary N) is 1. The average molecular weight is 396 g/mol. The molecule has 1 aliphatic heterocycles. The number of benzene rings is 1. The zero-order chi connectivity index (χ0) is 20.2. The molecule has 154 valence electrons. The van der Waals surface area contributed by atoms with Gasteiger partial charge in [-0.3, -0.25) is 9.59 Å². The van der Waals surface area contributed by atoms with Crippen molar-refractivity contribution < 1.29 is 14.1 Å². The molecule has 1 unspecified atom stereocenters. The molecular formula is C22H28N4O3. The third-order valence-electron chi connectivity index (χ3n) is 5.95. The molecule has 4 rings (SSSR count). The molecule has 1 aromatic carbocycles. The molecular weight excluding hydrogens is 368 g/mol. The first-order valence-electron chi connectivity index (χ1n) is 10.6. The number of rotatable bonds is 4. The summed E-state index contributed by atoms with van der Waals surface area (Å²) in [4.78, 5) is 31.8. The van der Waals surface area contributed by atoms with Crippen LogP contribution in [0.5, 0.6) is 0 Å². The molecule has 1 aromatic heterocycles. The smallest absolute Gasteiger partial charge is 0.253 e. The molecule has 2 fully saturated rings. The van der Waals surface area contributed by atoms with Crippen LogP contribution in [0.4, 0.5) is 5.69 Å². The Kier molecular flexibility index (Phi) is 5.92. The van der Waals surface area contributed by atoms with Gasteiger partial charge in [-0.25, -0.2) is 0 Å². The van der Waals surface area contributed by atoms with Gasteiger partial charge in [0.05, 0.1) is 5.92 Å². The first kappa shape index (κ1) is 19.6. The second kappa shape index (κ2) is 8.76. The summed E-state index contributed by atoms with van der Waals surface area (Å²) in [5.41, 5.74) is 1.28. The van der Waals surface area contributed by atoms with Crippen LogP contribution in [0.2, 0.25) is 0 Å². The number of aryl methyl sites for hydroxylation is 1. The van der Waals surface area contributed by atoms with Crippen LogP contribution in [0.25, 0.3) is 0 Å². The first-order chi connectivity index (χ1) is 14.1. The number of nitrogens with zero attached hydrogens (tertiary/aromatic N) is 3. The first-order valence-corrected chi connectivity index (χ1v) is 10.6. The molecule has 2 heterocycles. The molecule has 1 aliphatic carbocycles. The van der Waals surface area contributed by atoms with Crippen LogP contribution in [-0.2, 0) is 4.79 Å². The van der Waals surface area contributed by atoms with E-state index in [1.807, 2.05) is 17.0 Å². The highest BCUT2D eigenvalue weighted by atomic mass is 16.5. The Morgan fingerprint density at radius 2 is 1.97 bits per heavy atom. The Morgan fingerprint density at radius 1 is 1.14 bits per heavy atom. The Bertz CT molecular complexity index is 872. The van der Waals surface area contributed by atoms with Crippen molar-refractivity contribution in [2.24, 2.45) is 5.92 Å². The average Bonchev–Trinajstić information content (AvgIpc) is 3.20. The summed E-state index contributed by atoms with van der Waals surface area (Å²) in [6.45, 7) is 3.08. The zero-order valence-electron chi connectivity index (χ0n) is 16.9. The Morgan fingerprint density at radius 3 is 2.72 bits per heavy atom. The minimum absolute atomic E-state index is 0.0281. The maximum atomic E-state index is 13.1. The lowest BCUT2D eigenvalue weighted by Gasteiger charge is -2.31. The summed E-state index contributed by atoms with van der Waals surface area (Å²) in [7, 11) is 0. The quantitative estimate of drug-likeness (QED) is 0.846. The van der Waals surface area contributed by atoms with Crippen LogP contribution >= 0.6 is 0 Å². The predicted molar refractivity (Wildman–Crippen MR) is 109 cm³/mol. The highest BCUT2D eigenvalue weighted by Crippen LogP contribution is 2.28. The fourth-order valence-corrected chi connectivity index (χ4v) is 4.36. The number of carbonyl (C=O) groups excluding carboxylic acids is 2. The van der Waals surface area contributed by atoms with Gasteiger partial charge in [-0.1, -0.05) is 30.5 Å². The summed E-state index contributed by atoms with van der Waals surface area (Å²) >= 11 is 0. The molecule has 1 N–H and O–H groups in total. The van der Waals surface area contributed by atoms with Gasteiger partial charge in [0.15, 0.2) is 5.82 Å². The highest BCUT2D eigenvalue weighted by molar-refractivity contribution is 5.97. The van der Waals surface area contributed by atoms with E-state index in [9.17, 15) is 9.59 Å². The van der Waals surface area contributed by atoms with E-state index < -0.39 is 0 Å². The lowest BCUT2D eigenvalue weighted by molar-refractivity contribution is -0.120. The van der Waals surface area contributed by atoms with Crippen LogP contribution in [0.1, 0.15) is 72.9 Å². The van der Waals surface area contributed by atoms with Crippen LogP contribution in [0, 0.1) is 12.8 Å². The number of piperidine rings is 1. The van der Waals surface area contributed by atoms with Crippen molar-refractivity contribution in [3.8, 4) is 0 Å².